The Morgan fingerprint density at radius 2 is 2.00 bits per heavy atom. The molecular weight excluding hydrogens is 168 g/mol. The number of rotatable bonds is 1. The smallest absolute Gasteiger partial charge is 0.105 e. The Bertz CT molecular complexity index is 158. The minimum atomic E-state index is -0.0909. The SMILES string of the molecule is OCC1COCC2(CCCCC2)O1. The highest BCUT2D eigenvalue weighted by atomic mass is 16.6. The van der Waals surface area contributed by atoms with E-state index in [-0.39, 0.29) is 18.3 Å². The second kappa shape index (κ2) is 3.95. The topological polar surface area (TPSA) is 38.7 Å². The number of hydrogen-bond donors (Lipinski definition) is 1. The lowest BCUT2D eigenvalue weighted by molar-refractivity contribution is -0.218. The highest BCUT2D eigenvalue weighted by Gasteiger charge is 2.38. The van der Waals surface area contributed by atoms with Crippen LogP contribution in [0.3, 0.4) is 0 Å². The molecule has 1 saturated heterocycles. The molecule has 0 aromatic heterocycles. The van der Waals surface area contributed by atoms with Crippen LogP contribution < -0.4 is 0 Å². The Kier molecular flexibility index (Phi) is 2.86. The summed E-state index contributed by atoms with van der Waals surface area (Å²) >= 11 is 0. The molecule has 76 valence electrons. The fraction of sp³-hybridized carbons (Fsp3) is 1.00. The van der Waals surface area contributed by atoms with Crippen molar-refractivity contribution in [3.05, 3.63) is 0 Å². The zero-order valence-electron chi connectivity index (χ0n) is 8.00. The number of aliphatic hydroxyl groups excluding tert-OH is 1. The molecule has 1 N–H and O–H groups in total. The zero-order valence-corrected chi connectivity index (χ0v) is 8.00. The fourth-order valence-electron chi connectivity index (χ4n) is 2.35. The molecule has 2 aliphatic rings. The van der Waals surface area contributed by atoms with E-state index in [1.165, 1.54) is 19.3 Å². The van der Waals surface area contributed by atoms with Crippen LogP contribution in [0.5, 0.6) is 0 Å². The second-order valence-corrected chi connectivity index (χ2v) is 4.18. The summed E-state index contributed by atoms with van der Waals surface area (Å²) in [6.07, 6.45) is 5.90. The first-order chi connectivity index (χ1) is 6.35. The van der Waals surface area contributed by atoms with Crippen molar-refractivity contribution < 1.29 is 14.6 Å². The van der Waals surface area contributed by atoms with Gasteiger partial charge >= 0.3 is 0 Å². The highest BCUT2D eigenvalue weighted by Crippen LogP contribution is 2.34. The Labute approximate surface area is 79.0 Å². The lowest BCUT2D eigenvalue weighted by Crippen LogP contribution is -2.49. The molecule has 1 atom stereocenters. The average Bonchev–Trinajstić information content (AvgIpc) is 2.19. The predicted octanol–water partition coefficient (Wildman–Crippen LogP) is 1.10. The molecule has 0 aromatic carbocycles. The van der Waals surface area contributed by atoms with E-state index in [9.17, 15) is 0 Å². The van der Waals surface area contributed by atoms with Crippen molar-refractivity contribution in [3.63, 3.8) is 0 Å². The van der Waals surface area contributed by atoms with Gasteiger partial charge in [0.15, 0.2) is 0 Å². The molecule has 0 radical (unpaired) electrons. The van der Waals surface area contributed by atoms with Gasteiger partial charge in [-0.1, -0.05) is 19.3 Å². The second-order valence-electron chi connectivity index (χ2n) is 4.18. The molecule has 1 aliphatic carbocycles. The van der Waals surface area contributed by atoms with E-state index in [1.807, 2.05) is 0 Å². The fourth-order valence-corrected chi connectivity index (χ4v) is 2.35. The largest absolute Gasteiger partial charge is 0.394 e. The number of ether oxygens (including phenoxy) is 2. The molecule has 3 heteroatoms. The molecule has 3 nitrogen and oxygen atoms in total. The molecule has 1 spiro atoms. The van der Waals surface area contributed by atoms with Crippen LogP contribution in [0.15, 0.2) is 0 Å². The summed E-state index contributed by atoms with van der Waals surface area (Å²) in [5.74, 6) is 0. The molecule has 0 bridgehead atoms. The van der Waals surface area contributed by atoms with Crippen LogP contribution in [0, 0.1) is 0 Å². The van der Waals surface area contributed by atoms with Gasteiger partial charge in [-0.25, -0.2) is 0 Å². The highest BCUT2D eigenvalue weighted by molar-refractivity contribution is 4.88. The normalized spacial score (nSPS) is 33.5. The van der Waals surface area contributed by atoms with Gasteiger partial charge in [-0.3, -0.25) is 0 Å². The number of hydrogen-bond acceptors (Lipinski definition) is 3. The van der Waals surface area contributed by atoms with Crippen molar-refractivity contribution in [2.75, 3.05) is 19.8 Å². The van der Waals surface area contributed by atoms with Gasteiger partial charge in [-0.2, -0.15) is 0 Å². The minimum Gasteiger partial charge on any atom is -0.394 e. The molecule has 2 rings (SSSR count). The molecule has 1 aliphatic heterocycles. The Hall–Kier alpha value is -0.120. The standard InChI is InChI=1S/C10H18O3/c11-6-9-7-12-8-10(13-9)4-2-1-3-5-10/h9,11H,1-8H2. The van der Waals surface area contributed by atoms with Gasteiger partial charge in [0.1, 0.15) is 6.10 Å². The molecule has 1 saturated carbocycles. The van der Waals surface area contributed by atoms with E-state index in [2.05, 4.69) is 0 Å². The molecule has 0 aromatic rings. The monoisotopic (exact) mass is 186 g/mol. The molecule has 2 fully saturated rings. The summed E-state index contributed by atoms with van der Waals surface area (Å²) in [5.41, 5.74) is -0.0517. The van der Waals surface area contributed by atoms with Crippen molar-refractivity contribution in [2.45, 2.75) is 43.8 Å². The third-order valence-electron chi connectivity index (χ3n) is 3.05. The van der Waals surface area contributed by atoms with E-state index in [1.54, 1.807) is 0 Å². The summed E-state index contributed by atoms with van der Waals surface area (Å²) in [5, 5.41) is 9.00. The van der Waals surface area contributed by atoms with Gasteiger partial charge in [-0.15, -0.1) is 0 Å². The van der Waals surface area contributed by atoms with Crippen molar-refractivity contribution in [1.29, 1.82) is 0 Å². The van der Waals surface area contributed by atoms with Crippen LogP contribution in [-0.4, -0.2) is 36.6 Å². The summed E-state index contributed by atoms with van der Waals surface area (Å²) in [4.78, 5) is 0. The van der Waals surface area contributed by atoms with Gasteiger partial charge in [0, 0.05) is 0 Å². The van der Waals surface area contributed by atoms with Crippen LogP contribution in [0.25, 0.3) is 0 Å². The van der Waals surface area contributed by atoms with Crippen molar-refractivity contribution in [1.82, 2.24) is 0 Å². The lowest BCUT2D eigenvalue weighted by Gasteiger charge is -2.43. The predicted molar refractivity (Wildman–Crippen MR) is 48.6 cm³/mol. The van der Waals surface area contributed by atoms with E-state index in [0.29, 0.717) is 6.61 Å². The third-order valence-corrected chi connectivity index (χ3v) is 3.05. The van der Waals surface area contributed by atoms with Gasteiger partial charge in [0.25, 0.3) is 0 Å². The maximum absolute atomic E-state index is 9.00. The maximum Gasteiger partial charge on any atom is 0.105 e. The molecule has 0 amide bonds. The summed E-state index contributed by atoms with van der Waals surface area (Å²) < 4.78 is 11.4. The zero-order chi connectivity index (χ0) is 9.15. The van der Waals surface area contributed by atoms with Crippen molar-refractivity contribution in [2.24, 2.45) is 0 Å². The van der Waals surface area contributed by atoms with Crippen LogP contribution in [0.4, 0.5) is 0 Å². The van der Waals surface area contributed by atoms with Crippen LogP contribution in [0.2, 0.25) is 0 Å². The summed E-state index contributed by atoms with van der Waals surface area (Å²) in [6, 6.07) is 0. The molecular formula is C10H18O3. The number of aliphatic hydroxyl groups is 1. The Morgan fingerprint density at radius 3 is 2.69 bits per heavy atom. The molecule has 1 unspecified atom stereocenters. The summed E-state index contributed by atoms with van der Waals surface area (Å²) in [7, 11) is 0. The average molecular weight is 186 g/mol. The van der Waals surface area contributed by atoms with E-state index >= 15 is 0 Å². The quantitative estimate of drug-likeness (QED) is 0.666. The molecule has 1 heterocycles. The van der Waals surface area contributed by atoms with E-state index < -0.39 is 0 Å². The third kappa shape index (κ3) is 2.03. The molecule has 13 heavy (non-hydrogen) atoms. The minimum absolute atomic E-state index is 0.0517. The van der Waals surface area contributed by atoms with Crippen molar-refractivity contribution >= 4 is 0 Å². The van der Waals surface area contributed by atoms with Gasteiger partial charge in [0.05, 0.1) is 25.4 Å². The van der Waals surface area contributed by atoms with Gasteiger partial charge in [0.2, 0.25) is 0 Å². The lowest BCUT2D eigenvalue weighted by atomic mass is 9.84. The van der Waals surface area contributed by atoms with Crippen LogP contribution in [0.1, 0.15) is 32.1 Å². The van der Waals surface area contributed by atoms with Crippen LogP contribution in [-0.2, 0) is 9.47 Å². The Morgan fingerprint density at radius 1 is 1.23 bits per heavy atom. The van der Waals surface area contributed by atoms with E-state index in [0.717, 1.165) is 19.4 Å². The van der Waals surface area contributed by atoms with E-state index in [4.69, 9.17) is 14.6 Å². The first-order valence-corrected chi connectivity index (χ1v) is 5.21. The van der Waals surface area contributed by atoms with Gasteiger partial charge in [-0.05, 0) is 12.8 Å². The van der Waals surface area contributed by atoms with Crippen LogP contribution >= 0.6 is 0 Å². The van der Waals surface area contributed by atoms with Gasteiger partial charge < -0.3 is 14.6 Å². The first-order valence-electron chi connectivity index (χ1n) is 5.21. The first kappa shape index (κ1) is 9.44. The Balaban J connectivity index is 1.95. The van der Waals surface area contributed by atoms with Crippen molar-refractivity contribution in [3.8, 4) is 0 Å². The summed E-state index contributed by atoms with van der Waals surface area (Å²) in [6.45, 7) is 1.36. The maximum atomic E-state index is 9.00.